The Morgan fingerprint density at radius 2 is 1.73 bits per heavy atom. The van der Waals surface area contributed by atoms with Gasteiger partial charge in [0, 0.05) is 18.0 Å². The van der Waals surface area contributed by atoms with Gasteiger partial charge in [-0.2, -0.15) is 4.39 Å². The molecule has 26 heavy (non-hydrogen) atoms. The van der Waals surface area contributed by atoms with Crippen LogP contribution in [-0.4, -0.2) is 49.8 Å². The molecule has 0 aliphatic heterocycles. The highest BCUT2D eigenvalue weighted by molar-refractivity contribution is 5.16. The SMILES string of the molecule is CC(c1cn(C(CF)CF)nn1)C(C)c1nnn(C2(C(F)F)CC2)c1F. The highest BCUT2D eigenvalue weighted by Crippen LogP contribution is 2.49. The zero-order chi connectivity index (χ0) is 19.1. The van der Waals surface area contributed by atoms with Crippen LogP contribution in [-0.2, 0) is 5.54 Å². The fourth-order valence-electron chi connectivity index (χ4n) is 2.85. The number of nitrogens with zero attached hydrogens (tertiary/aromatic N) is 6. The average molecular weight is 378 g/mol. The Balaban J connectivity index is 1.82. The van der Waals surface area contributed by atoms with Crippen LogP contribution in [0, 0.1) is 5.95 Å². The van der Waals surface area contributed by atoms with Crippen molar-refractivity contribution in [3.05, 3.63) is 23.5 Å². The normalized spacial score (nSPS) is 18.5. The minimum absolute atomic E-state index is 0.0495. The van der Waals surface area contributed by atoms with Crippen LogP contribution in [0.4, 0.5) is 22.0 Å². The van der Waals surface area contributed by atoms with Crippen molar-refractivity contribution >= 4 is 0 Å². The molecule has 2 heterocycles. The Morgan fingerprint density at radius 3 is 2.27 bits per heavy atom. The topological polar surface area (TPSA) is 61.4 Å². The van der Waals surface area contributed by atoms with Gasteiger partial charge in [-0.15, -0.1) is 10.2 Å². The number of halogens is 5. The van der Waals surface area contributed by atoms with Crippen LogP contribution < -0.4 is 0 Å². The van der Waals surface area contributed by atoms with E-state index < -0.39 is 49.1 Å². The molecule has 144 valence electrons. The summed E-state index contributed by atoms with van der Waals surface area (Å²) in [6, 6.07) is -1.06. The van der Waals surface area contributed by atoms with Gasteiger partial charge >= 0.3 is 0 Å². The van der Waals surface area contributed by atoms with Crippen LogP contribution in [0.5, 0.6) is 0 Å². The lowest BCUT2D eigenvalue weighted by Gasteiger charge is -2.17. The molecule has 0 saturated heterocycles. The molecule has 2 atom stereocenters. The molecule has 0 bridgehead atoms. The molecule has 1 aliphatic rings. The van der Waals surface area contributed by atoms with Crippen LogP contribution in [0.2, 0.25) is 0 Å². The molecule has 1 fully saturated rings. The highest BCUT2D eigenvalue weighted by Gasteiger charge is 2.56. The third-order valence-corrected chi connectivity index (χ3v) is 5.14. The predicted octanol–water partition coefficient (Wildman–Crippen LogP) is 3.15. The van der Waals surface area contributed by atoms with Gasteiger partial charge in [0.2, 0.25) is 5.95 Å². The summed E-state index contributed by atoms with van der Waals surface area (Å²) in [6.07, 6.45) is -1.03. The van der Waals surface area contributed by atoms with Crippen LogP contribution in [0.15, 0.2) is 6.20 Å². The van der Waals surface area contributed by atoms with Gasteiger partial charge in [0.05, 0.1) is 5.69 Å². The molecule has 1 saturated carbocycles. The smallest absolute Gasteiger partial charge is 0.249 e. The summed E-state index contributed by atoms with van der Waals surface area (Å²) in [5, 5.41) is 14.9. The van der Waals surface area contributed by atoms with Crippen LogP contribution >= 0.6 is 0 Å². The van der Waals surface area contributed by atoms with E-state index in [9.17, 15) is 22.0 Å². The standard InChI is InChI=1S/C15H19F5N6/c1-8(11-7-25(23-21-11)10(5-16)6-17)9(2)12-13(18)26(24-22-12)15(3-4-15)14(19)20/h7-10,14H,3-6H2,1-2H3. The molecule has 0 N–H and O–H groups in total. The quantitative estimate of drug-likeness (QED) is 0.662. The van der Waals surface area contributed by atoms with Gasteiger partial charge in [-0.3, -0.25) is 0 Å². The lowest BCUT2D eigenvalue weighted by atomic mass is 9.90. The fourth-order valence-corrected chi connectivity index (χ4v) is 2.85. The minimum atomic E-state index is -2.72. The molecule has 2 aromatic rings. The Kier molecular flexibility index (Phi) is 4.98. The van der Waals surface area contributed by atoms with Crippen molar-refractivity contribution < 1.29 is 22.0 Å². The van der Waals surface area contributed by atoms with E-state index in [4.69, 9.17) is 0 Å². The van der Waals surface area contributed by atoms with E-state index in [0.29, 0.717) is 10.4 Å². The summed E-state index contributed by atoms with van der Waals surface area (Å²) in [4.78, 5) is 0. The maximum atomic E-state index is 14.7. The zero-order valence-electron chi connectivity index (χ0n) is 14.3. The van der Waals surface area contributed by atoms with Crippen molar-refractivity contribution in [2.45, 2.75) is 56.5 Å². The molecule has 0 radical (unpaired) electrons. The van der Waals surface area contributed by atoms with E-state index >= 15 is 0 Å². The number of hydrogen-bond donors (Lipinski definition) is 0. The first-order chi connectivity index (χ1) is 12.4. The van der Waals surface area contributed by atoms with Gasteiger partial charge in [-0.05, 0) is 12.8 Å². The Bertz CT molecular complexity index is 752. The predicted molar refractivity (Wildman–Crippen MR) is 81.0 cm³/mol. The summed E-state index contributed by atoms with van der Waals surface area (Å²) in [5.74, 6) is -1.85. The van der Waals surface area contributed by atoms with E-state index in [2.05, 4.69) is 20.6 Å². The van der Waals surface area contributed by atoms with Gasteiger partial charge in [-0.1, -0.05) is 24.3 Å². The van der Waals surface area contributed by atoms with Crippen LogP contribution in [0.25, 0.3) is 0 Å². The monoisotopic (exact) mass is 378 g/mol. The second kappa shape index (κ2) is 6.92. The fraction of sp³-hybridized carbons (Fsp3) is 0.733. The molecular weight excluding hydrogens is 359 g/mol. The Labute approximate surface area is 146 Å². The number of hydrogen-bond acceptors (Lipinski definition) is 4. The Hall–Kier alpha value is -2.07. The number of alkyl halides is 4. The van der Waals surface area contributed by atoms with E-state index in [1.165, 1.54) is 6.20 Å². The lowest BCUT2D eigenvalue weighted by Crippen LogP contribution is -2.28. The molecule has 3 rings (SSSR count). The van der Waals surface area contributed by atoms with E-state index in [0.717, 1.165) is 4.68 Å². The number of aromatic nitrogens is 6. The van der Waals surface area contributed by atoms with E-state index in [-0.39, 0.29) is 18.5 Å². The van der Waals surface area contributed by atoms with Crippen molar-refractivity contribution in [3.63, 3.8) is 0 Å². The van der Waals surface area contributed by atoms with Gasteiger partial charge in [0.1, 0.15) is 30.6 Å². The summed E-state index contributed by atoms with van der Waals surface area (Å²) in [6.45, 7) is 1.52. The van der Waals surface area contributed by atoms with Crippen molar-refractivity contribution in [3.8, 4) is 0 Å². The minimum Gasteiger partial charge on any atom is -0.249 e. The van der Waals surface area contributed by atoms with Crippen molar-refractivity contribution in [1.29, 1.82) is 0 Å². The first kappa shape index (κ1) is 18.7. The van der Waals surface area contributed by atoms with Crippen molar-refractivity contribution in [2.24, 2.45) is 0 Å². The van der Waals surface area contributed by atoms with Crippen molar-refractivity contribution in [2.75, 3.05) is 13.3 Å². The van der Waals surface area contributed by atoms with Gasteiger partial charge in [0.15, 0.2) is 0 Å². The van der Waals surface area contributed by atoms with Gasteiger partial charge < -0.3 is 0 Å². The molecule has 0 spiro atoms. The first-order valence-electron chi connectivity index (χ1n) is 8.29. The molecule has 11 heteroatoms. The summed E-state index contributed by atoms with van der Waals surface area (Å²) < 4.78 is 68.3. The van der Waals surface area contributed by atoms with Gasteiger partial charge in [0.25, 0.3) is 6.43 Å². The van der Waals surface area contributed by atoms with E-state index in [1.807, 2.05) is 0 Å². The second-order valence-electron chi connectivity index (χ2n) is 6.74. The lowest BCUT2D eigenvalue weighted by molar-refractivity contribution is 0.0523. The van der Waals surface area contributed by atoms with Crippen LogP contribution in [0.1, 0.15) is 56.0 Å². The Morgan fingerprint density at radius 1 is 1.08 bits per heavy atom. The molecule has 0 amide bonds. The molecular formula is C15H19F5N6. The summed E-state index contributed by atoms with van der Waals surface area (Å²) in [5.41, 5.74) is -1.25. The maximum Gasteiger partial charge on any atom is 0.263 e. The second-order valence-corrected chi connectivity index (χ2v) is 6.74. The highest BCUT2D eigenvalue weighted by atomic mass is 19.3. The number of rotatable bonds is 8. The molecule has 6 nitrogen and oxygen atoms in total. The first-order valence-corrected chi connectivity index (χ1v) is 8.29. The summed E-state index contributed by atoms with van der Waals surface area (Å²) in [7, 11) is 0. The average Bonchev–Trinajstić information content (AvgIpc) is 3.13. The van der Waals surface area contributed by atoms with E-state index in [1.54, 1.807) is 13.8 Å². The molecule has 2 unspecified atom stereocenters. The molecule has 1 aliphatic carbocycles. The molecule has 2 aromatic heterocycles. The largest absolute Gasteiger partial charge is 0.263 e. The molecule has 0 aromatic carbocycles. The third-order valence-electron chi connectivity index (χ3n) is 5.14. The maximum absolute atomic E-state index is 14.7. The zero-order valence-corrected chi connectivity index (χ0v) is 14.3. The van der Waals surface area contributed by atoms with Gasteiger partial charge in [-0.25, -0.2) is 26.9 Å². The van der Waals surface area contributed by atoms with Crippen LogP contribution in [0.3, 0.4) is 0 Å². The summed E-state index contributed by atoms with van der Waals surface area (Å²) >= 11 is 0. The third kappa shape index (κ3) is 2.96. The van der Waals surface area contributed by atoms with Crippen molar-refractivity contribution in [1.82, 2.24) is 30.0 Å².